The zero-order valence-corrected chi connectivity index (χ0v) is 12.7. The minimum Gasteiger partial charge on any atom is -0.306 e. The third-order valence-corrected chi connectivity index (χ3v) is 3.63. The van der Waals surface area contributed by atoms with Crippen LogP contribution in [0, 0.1) is 0 Å². The summed E-state index contributed by atoms with van der Waals surface area (Å²) in [5.41, 5.74) is 2.61. The standard InChI is InChI=1S/C15H16BrN.ClH/c1-12(13-7-3-2-4-8-13)17-11-14-9-5-6-10-15(14)16;/h2-10,12,17H,11H2,1H3;1H/t12-;/m0./s1. The molecule has 0 aliphatic heterocycles. The molecular formula is C15H17BrClN. The average Bonchev–Trinajstić information content (AvgIpc) is 2.38. The molecule has 0 saturated carbocycles. The van der Waals surface area contributed by atoms with Crippen molar-refractivity contribution < 1.29 is 0 Å². The summed E-state index contributed by atoms with van der Waals surface area (Å²) in [4.78, 5) is 0. The number of hydrogen-bond acceptors (Lipinski definition) is 1. The largest absolute Gasteiger partial charge is 0.306 e. The van der Waals surface area contributed by atoms with Gasteiger partial charge in [-0.2, -0.15) is 0 Å². The maximum absolute atomic E-state index is 3.56. The second kappa shape index (κ2) is 7.57. The van der Waals surface area contributed by atoms with Gasteiger partial charge in [0, 0.05) is 17.1 Å². The number of hydrogen-bond donors (Lipinski definition) is 1. The van der Waals surface area contributed by atoms with Gasteiger partial charge in [0.25, 0.3) is 0 Å². The molecule has 2 rings (SSSR count). The van der Waals surface area contributed by atoms with Crippen molar-refractivity contribution in [1.29, 1.82) is 0 Å². The third-order valence-electron chi connectivity index (χ3n) is 2.86. The van der Waals surface area contributed by atoms with Crippen molar-refractivity contribution in [1.82, 2.24) is 5.32 Å². The van der Waals surface area contributed by atoms with Crippen LogP contribution in [0.4, 0.5) is 0 Å². The first-order valence-electron chi connectivity index (χ1n) is 5.79. The molecule has 0 radical (unpaired) electrons. The Morgan fingerprint density at radius 1 is 1.00 bits per heavy atom. The molecule has 1 N–H and O–H groups in total. The lowest BCUT2D eigenvalue weighted by Crippen LogP contribution is -2.18. The SMILES string of the molecule is C[C@H](NCc1ccccc1Br)c1ccccc1.Cl. The van der Waals surface area contributed by atoms with E-state index in [0.29, 0.717) is 6.04 Å². The molecule has 0 aliphatic rings. The number of nitrogens with one attached hydrogen (secondary N) is 1. The molecule has 0 heterocycles. The number of halogens is 2. The smallest absolute Gasteiger partial charge is 0.0294 e. The van der Waals surface area contributed by atoms with Crippen molar-refractivity contribution in [3.05, 3.63) is 70.2 Å². The number of benzene rings is 2. The highest BCUT2D eigenvalue weighted by molar-refractivity contribution is 9.10. The molecule has 0 amide bonds. The van der Waals surface area contributed by atoms with E-state index in [1.807, 2.05) is 12.1 Å². The summed E-state index contributed by atoms with van der Waals surface area (Å²) >= 11 is 3.56. The third kappa shape index (κ3) is 4.13. The molecule has 0 spiro atoms. The van der Waals surface area contributed by atoms with E-state index in [1.165, 1.54) is 11.1 Å². The Morgan fingerprint density at radius 2 is 1.61 bits per heavy atom. The Balaban J connectivity index is 0.00000162. The summed E-state index contributed by atoms with van der Waals surface area (Å²) in [7, 11) is 0. The van der Waals surface area contributed by atoms with E-state index in [9.17, 15) is 0 Å². The topological polar surface area (TPSA) is 12.0 Å². The van der Waals surface area contributed by atoms with Crippen molar-refractivity contribution in [2.45, 2.75) is 19.5 Å². The van der Waals surface area contributed by atoms with Crippen LogP contribution in [0.3, 0.4) is 0 Å². The molecule has 0 unspecified atom stereocenters. The molecule has 96 valence electrons. The maximum atomic E-state index is 3.56. The summed E-state index contributed by atoms with van der Waals surface area (Å²) in [5, 5.41) is 3.53. The molecule has 0 aromatic heterocycles. The molecule has 0 saturated heterocycles. The van der Waals surface area contributed by atoms with Gasteiger partial charge in [0.15, 0.2) is 0 Å². The highest BCUT2D eigenvalue weighted by Crippen LogP contribution is 2.17. The van der Waals surface area contributed by atoms with Gasteiger partial charge in [-0.3, -0.25) is 0 Å². The predicted octanol–water partition coefficient (Wildman–Crippen LogP) is 4.72. The molecule has 2 aromatic carbocycles. The fraction of sp³-hybridized carbons (Fsp3) is 0.200. The first-order valence-corrected chi connectivity index (χ1v) is 6.58. The normalized spacial score (nSPS) is 11.7. The van der Waals surface area contributed by atoms with Gasteiger partial charge >= 0.3 is 0 Å². The minimum atomic E-state index is 0. The zero-order valence-electron chi connectivity index (χ0n) is 10.3. The van der Waals surface area contributed by atoms with Crippen molar-refractivity contribution in [2.75, 3.05) is 0 Å². The van der Waals surface area contributed by atoms with Gasteiger partial charge in [-0.1, -0.05) is 64.5 Å². The first kappa shape index (κ1) is 15.2. The van der Waals surface area contributed by atoms with Crippen LogP contribution in [0.5, 0.6) is 0 Å². The molecule has 18 heavy (non-hydrogen) atoms. The van der Waals surface area contributed by atoms with E-state index >= 15 is 0 Å². The molecule has 0 fully saturated rings. The summed E-state index contributed by atoms with van der Waals surface area (Å²) < 4.78 is 1.16. The van der Waals surface area contributed by atoms with Crippen LogP contribution in [0.15, 0.2) is 59.1 Å². The van der Waals surface area contributed by atoms with Gasteiger partial charge in [-0.15, -0.1) is 12.4 Å². The molecule has 3 heteroatoms. The van der Waals surface area contributed by atoms with Crippen LogP contribution in [-0.2, 0) is 6.54 Å². The lowest BCUT2D eigenvalue weighted by atomic mass is 10.1. The molecular weight excluding hydrogens is 310 g/mol. The van der Waals surface area contributed by atoms with E-state index in [0.717, 1.165) is 11.0 Å². The monoisotopic (exact) mass is 325 g/mol. The summed E-state index contributed by atoms with van der Waals surface area (Å²) in [6.45, 7) is 3.06. The van der Waals surface area contributed by atoms with Gasteiger partial charge in [-0.05, 0) is 24.1 Å². The highest BCUT2D eigenvalue weighted by Gasteiger charge is 2.04. The fourth-order valence-corrected chi connectivity index (χ4v) is 2.19. The summed E-state index contributed by atoms with van der Waals surface area (Å²) in [6, 6.07) is 19.2. The highest BCUT2D eigenvalue weighted by atomic mass is 79.9. The predicted molar refractivity (Wildman–Crippen MR) is 83.1 cm³/mol. The Kier molecular flexibility index (Phi) is 6.41. The lowest BCUT2D eigenvalue weighted by Gasteiger charge is -2.14. The van der Waals surface area contributed by atoms with Gasteiger partial charge in [0.1, 0.15) is 0 Å². The second-order valence-electron chi connectivity index (χ2n) is 4.10. The zero-order chi connectivity index (χ0) is 12.1. The van der Waals surface area contributed by atoms with Crippen LogP contribution < -0.4 is 5.32 Å². The van der Waals surface area contributed by atoms with E-state index in [4.69, 9.17) is 0 Å². The Bertz CT molecular complexity index is 473. The Morgan fingerprint density at radius 3 is 2.28 bits per heavy atom. The molecule has 1 atom stereocenters. The van der Waals surface area contributed by atoms with E-state index < -0.39 is 0 Å². The van der Waals surface area contributed by atoms with Crippen LogP contribution >= 0.6 is 28.3 Å². The molecule has 1 nitrogen and oxygen atoms in total. The Hall–Kier alpha value is -0.830. The lowest BCUT2D eigenvalue weighted by molar-refractivity contribution is 0.574. The van der Waals surface area contributed by atoms with E-state index in [-0.39, 0.29) is 12.4 Å². The van der Waals surface area contributed by atoms with Crippen LogP contribution in [0.25, 0.3) is 0 Å². The number of rotatable bonds is 4. The van der Waals surface area contributed by atoms with E-state index in [1.54, 1.807) is 0 Å². The van der Waals surface area contributed by atoms with Crippen molar-refractivity contribution >= 4 is 28.3 Å². The fourth-order valence-electron chi connectivity index (χ4n) is 1.76. The van der Waals surface area contributed by atoms with Crippen molar-refractivity contribution in [3.8, 4) is 0 Å². The van der Waals surface area contributed by atoms with Gasteiger partial charge in [0.05, 0.1) is 0 Å². The van der Waals surface area contributed by atoms with Crippen LogP contribution in [0.1, 0.15) is 24.1 Å². The van der Waals surface area contributed by atoms with Crippen LogP contribution in [0.2, 0.25) is 0 Å². The molecule has 2 aromatic rings. The summed E-state index contributed by atoms with van der Waals surface area (Å²) in [5.74, 6) is 0. The van der Waals surface area contributed by atoms with Gasteiger partial charge in [-0.25, -0.2) is 0 Å². The quantitative estimate of drug-likeness (QED) is 0.857. The molecule has 0 aliphatic carbocycles. The average molecular weight is 327 g/mol. The Labute approximate surface area is 123 Å². The van der Waals surface area contributed by atoms with Crippen LogP contribution in [-0.4, -0.2) is 0 Å². The van der Waals surface area contributed by atoms with E-state index in [2.05, 4.69) is 70.6 Å². The maximum Gasteiger partial charge on any atom is 0.0294 e. The second-order valence-corrected chi connectivity index (χ2v) is 4.96. The summed E-state index contributed by atoms with van der Waals surface area (Å²) in [6.07, 6.45) is 0. The van der Waals surface area contributed by atoms with Gasteiger partial charge in [0.2, 0.25) is 0 Å². The minimum absolute atomic E-state index is 0. The van der Waals surface area contributed by atoms with Gasteiger partial charge < -0.3 is 5.32 Å². The van der Waals surface area contributed by atoms with Crippen molar-refractivity contribution in [3.63, 3.8) is 0 Å². The van der Waals surface area contributed by atoms with Crippen molar-refractivity contribution in [2.24, 2.45) is 0 Å². The molecule has 0 bridgehead atoms. The first-order chi connectivity index (χ1) is 8.27.